The molecule has 1 atom stereocenters. The molecule has 1 saturated heterocycles. The van der Waals surface area contributed by atoms with Gasteiger partial charge >= 0.3 is 0 Å². The molecule has 0 aliphatic carbocycles. The Balaban J connectivity index is 2.23. The van der Waals surface area contributed by atoms with E-state index in [9.17, 15) is 4.79 Å². The zero-order valence-electron chi connectivity index (χ0n) is 9.16. The average Bonchev–Trinajstić information content (AvgIpc) is 2.69. The summed E-state index contributed by atoms with van der Waals surface area (Å²) in [5.74, 6) is 0.290. The summed E-state index contributed by atoms with van der Waals surface area (Å²) < 4.78 is 0. The van der Waals surface area contributed by atoms with Crippen LogP contribution < -0.4 is 4.90 Å². The highest BCUT2D eigenvalue weighted by atomic mass is 16.2. The molecule has 1 amide bonds. The van der Waals surface area contributed by atoms with E-state index in [1.807, 2.05) is 11.0 Å². The summed E-state index contributed by atoms with van der Waals surface area (Å²) >= 11 is 0. The van der Waals surface area contributed by atoms with Crippen molar-refractivity contribution in [3.05, 3.63) is 29.8 Å². The molecule has 1 aromatic carbocycles. The summed E-state index contributed by atoms with van der Waals surface area (Å²) in [5.41, 5.74) is 2.57. The van der Waals surface area contributed by atoms with Gasteiger partial charge in [0, 0.05) is 23.6 Å². The molecule has 15 heavy (non-hydrogen) atoms. The molecule has 2 aliphatic rings. The molecule has 2 aliphatic heterocycles. The maximum Gasteiger partial charge on any atom is 0.227 e. The van der Waals surface area contributed by atoms with Crippen LogP contribution in [0.3, 0.4) is 0 Å². The smallest absolute Gasteiger partial charge is 0.227 e. The van der Waals surface area contributed by atoms with Gasteiger partial charge in [0.15, 0.2) is 0 Å². The van der Waals surface area contributed by atoms with E-state index in [2.05, 4.69) is 32.0 Å². The maximum atomic E-state index is 11.8. The fraction of sp³-hybridized carbons (Fsp3) is 0.462. The van der Waals surface area contributed by atoms with Crippen LogP contribution in [0.2, 0.25) is 0 Å². The van der Waals surface area contributed by atoms with E-state index in [0.29, 0.717) is 12.5 Å². The van der Waals surface area contributed by atoms with Gasteiger partial charge in [-0.25, -0.2) is 0 Å². The quantitative estimate of drug-likeness (QED) is 0.631. The Morgan fingerprint density at radius 3 is 2.87 bits per heavy atom. The topological polar surface area (TPSA) is 20.3 Å². The first-order valence-corrected chi connectivity index (χ1v) is 5.54. The lowest BCUT2D eigenvalue weighted by Crippen LogP contribution is -2.38. The zero-order valence-corrected chi connectivity index (χ0v) is 9.16. The van der Waals surface area contributed by atoms with Crippen molar-refractivity contribution in [2.75, 3.05) is 4.90 Å². The number of rotatable bonds is 0. The van der Waals surface area contributed by atoms with Gasteiger partial charge in [-0.15, -0.1) is 0 Å². The molecule has 2 heterocycles. The molecule has 0 N–H and O–H groups in total. The van der Waals surface area contributed by atoms with Crippen LogP contribution in [0.15, 0.2) is 24.3 Å². The third kappa shape index (κ3) is 0.969. The molecule has 1 fully saturated rings. The van der Waals surface area contributed by atoms with E-state index in [1.165, 1.54) is 5.56 Å². The highest BCUT2D eigenvalue weighted by Gasteiger charge is 2.49. The molecule has 78 valence electrons. The van der Waals surface area contributed by atoms with E-state index in [1.54, 1.807) is 0 Å². The molecular formula is C13H15NO. The third-order valence-corrected chi connectivity index (χ3v) is 3.90. The van der Waals surface area contributed by atoms with Crippen molar-refractivity contribution in [3.8, 4) is 0 Å². The van der Waals surface area contributed by atoms with Gasteiger partial charge in [0.05, 0.1) is 0 Å². The monoisotopic (exact) mass is 201 g/mol. The van der Waals surface area contributed by atoms with Crippen LogP contribution in [0.25, 0.3) is 0 Å². The molecule has 1 aromatic rings. The highest BCUT2D eigenvalue weighted by molar-refractivity contribution is 5.99. The molecule has 0 aromatic heterocycles. The SMILES string of the molecule is CC1(C)c2ccccc2N2C(=O)CC[C@H]21. The second-order valence-corrected chi connectivity index (χ2v) is 5.06. The number of carbonyl (C=O) groups is 1. The number of hydrogen-bond donors (Lipinski definition) is 0. The Morgan fingerprint density at radius 1 is 1.33 bits per heavy atom. The number of amides is 1. The Hall–Kier alpha value is -1.31. The zero-order chi connectivity index (χ0) is 10.6. The van der Waals surface area contributed by atoms with Crippen LogP contribution in [-0.2, 0) is 10.2 Å². The van der Waals surface area contributed by atoms with Gasteiger partial charge < -0.3 is 4.90 Å². The lowest BCUT2D eigenvalue weighted by atomic mass is 9.79. The third-order valence-electron chi connectivity index (χ3n) is 3.90. The van der Waals surface area contributed by atoms with Gasteiger partial charge in [-0.3, -0.25) is 4.79 Å². The van der Waals surface area contributed by atoms with Crippen molar-refractivity contribution < 1.29 is 4.79 Å². The molecular weight excluding hydrogens is 186 g/mol. The number of nitrogens with zero attached hydrogens (tertiary/aromatic N) is 1. The average molecular weight is 201 g/mol. The van der Waals surface area contributed by atoms with E-state index >= 15 is 0 Å². The standard InChI is InChI=1S/C13H15NO/c1-13(2)9-5-3-4-6-10(9)14-11(13)7-8-12(14)15/h3-6,11H,7-8H2,1-2H3/t11-/m0/s1. The lowest BCUT2D eigenvalue weighted by Gasteiger charge is -2.27. The minimum absolute atomic E-state index is 0.114. The lowest BCUT2D eigenvalue weighted by molar-refractivity contribution is -0.117. The first kappa shape index (κ1) is 8.96. The van der Waals surface area contributed by atoms with Gasteiger partial charge in [-0.2, -0.15) is 0 Å². The van der Waals surface area contributed by atoms with E-state index in [-0.39, 0.29) is 11.3 Å². The number of benzene rings is 1. The van der Waals surface area contributed by atoms with Gasteiger partial charge in [0.1, 0.15) is 0 Å². The van der Waals surface area contributed by atoms with Crippen molar-refractivity contribution >= 4 is 11.6 Å². The Bertz CT molecular complexity index is 436. The summed E-state index contributed by atoms with van der Waals surface area (Å²) in [6.07, 6.45) is 1.71. The minimum Gasteiger partial charge on any atom is -0.308 e. The first-order chi connectivity index (χ1) is 7.12. The number of carbonyl (C=O) groups excluding carboxylic acids is 1. The largest absolute Gasteiger partial charge is 0.308 e. The van der Waals surface area contributed by atoms with Gasteiger partial charge in [0.25, 0.3) is 0 Å². The predicted octanol–water partition coefficient (Wildman–Crippen LogP) is 2.47. The number of para-hydroxylation sites is 1. The van der Waals surface area contributed by atoms with Crippen molar-refractivity contribution in [2.24, 2.45) is 0 Å². The molecule has 2 nitrogen and oxygen atoms in total. The van der Waals surface area contributed by atoms with Gasteiger partial charge in [-0.05, 0) is 18.1 Å². The molecule has 0 unspecified atom stereocenters. The Morgan fingerprint density at radius 2 is 2.07 bits per heavy atom. The molecule has 0 bridgehead atoms. The second-order valence-electron chi connectivity index (χ2n) is 5.06. The van der Waals surface area contributed by atoms with Crippen molar-refractivity contribution in [2.45, 2.75) is 38.1 Å². The van der Waals surface area contributed by atoms with Gasteiger partial charge in [-0.1, -0.05) is 32.0 Å². The molecule has 0 saturated carbocycles. The number of anilines is 1. The van der Waals surface area contributed by atoms with Crippen LogP contribution >= 0.6 is 0 Å². The normalized spacial score (nSPS) is 26.7. The fourth-order valence-electron chi connectivity index (χ4n) is 3.08. The van der Waals surface area contributed by atoms with E-state index in [0.717, 1.165) is 12.1 Å². The second kappa shape index (κ2) is 2.63. The minimum atomic E-state index is 0.114. The summed E-state index contributed by atoms with van der Waals surface area (Å²) in [6.45, 7) is 4.49. The Kier molecular flexibility index (Phi) is 1.57. The molecule has 0 radical (unpaired) electrons. The van der Waals surface area contributed by atoms with Crippen LogP contribution in [-0.4, -0.2) is 11.9 Å². The molecule has 2 heteroatoms. The van der Waals surface area contributed by atoms with E-state index < -0.39 is 0 Å². The van der Waals surface area contributed by atoms with Crippen molar-refractivity contribution in [1.29, 1.82) is 0 Å². The highest BCUT2D eigenvalue weighted by Crippen LogP contribution is 2.49. The first-order valence-electron chi connectivity index (χ1n) is 5.54. The number of fused-ring (bicyclic) bond motifs is 3. The fourth-order valence-corrected chi connectivity index (χ4v) is 3.08. The van der Waals surface area contributed by atoms with Crippen LogP contribution in [0.4, 0.5) is 5.69 Å². The number of hydrogen-bond acceptors (Lipinski definition) is 1. The Labute approximate surface area is 89.9 Å². The predicted molar refractivity (Wildman–Crippen MR) is 60.0 cm³/mol. The summed E-state index contributed by atoms with van der Waals surface area (Å²) in [6, 6.07) is 8.68. The summed E-state index contributed by atoms with van der Waals surface area (Å²) in [4.78, 5) is 13.8. The molecule has 3 rings (SSSR count). The molecule has 0 spiro atoms. The van der Waals surface area contributed by atoms with Gasteiger partial charge in [0.2, 0.25) is 5.91 Å². The van der Waals surface area contributed by atoms with Crippen LogP contribution in [0.5, 0.6) is 0 Å². The van der Waals surface area contributed by atoms with Crippen molar-refractivity contribution in [1.82, 2.24) is 0 Å². The summed E-state index contributed by atoms with van der Waals surface area (Å²) in [5, 5.41) is 0. The van der Waals surface area contributed by atoms with E-state index in [4.69, 9.17) is 0 Å². The maximum absolute atomic E-state index is 11.8. The van der Waals surface area contributed by atoms with Crippen LogP contribution in [0.1, 0.15) is 32.3 Å². The summed E-state index contributed by atoms with van der Waals surface area (Å²) in [7, 11) is 0. The van der Waals surface area contributed by atoms with Crippen molar-refractivity contribution in [3.63, 3.8) is 0 Å². The van der Waals surface area contributed by atoms with Crippen LogP contribution in [0, 0.1) is 0 Å².